The van der Waals surface area contributed by atoms with Gasteiger partial charge in [-0.25, -0.2) is 0 Å². The second-order valence-electron chi connectivity index (χ2n) is 10.1. The minimum Gasteiger partial charge on any atom is -0.491 e. The van der Waals surface area contributed by atoms with Gasteiger partial charge in [-0.15, -0.1) is 0 Å². The molecule has 0 saturated heterocycles. The molecule has 0 aliphatic carbocycles. The third-order valence-electron chi connectivity index (χ3n) is 7.79. The van der Waals surface area contributed by atoms with Gasteiger partial charge >= 0.3 is 0 Å². The number of nitrogens with one attached hydrogen (secondary N) is 1. The number of halogens is 1. The zero-order valence-corrected chi connectivity index (χ0v) is 22.2. The van der Waals surface area contributed by atoms with Crippen LogP contribution in [0.2, 0.25) is 5.02 Å². The van der Waals surface area contributed by atoms with Crippen molar-refractivity contribution in [1.82, 2.24) is 5.32 Å². The van der Waals surface area contributed by atoms with Crippen LogP contribution in [0.1, 0.15) is 32.6 Å². The number of rotatable bonds is 6. The van der Waals surface area contributed by atoms with Crippen molar-refractivity contribution in [1.29, 1.82) is 0 Å². The molecule has 0 aromatic heterocycles. The zero-order chi connectivity index (χ0) is 27.3. The fraction of sp³-hybridized carbons (Fsp3) is 0.188. The molecule has 1 unspecified atom stereocenters. The van der Waals surface area contributed by atoms with E-state index in [2.05, 4.69) is 5.32 Å². The first-order chi connectivity index (χ1) is 19.5. The Morgan fingerprint density at radius 2 is 1.65 bits per heavy atom. The highest BCUT2D eigenvalue weighted by atomic mass is 35.5. The number of para-hydroxylation sites is 1. The van der Waals surface area contributed by atoms with Crippen molar-refractivity contribution in [2.24, 2.45) is 0 Å². The second kappa shape index (κ2) is 9.61. The van der Waals surface area contributed by atoms with Crippen LogP contribution in [0.15, 0.2) is 84.9 Å². The number of fused-ring (bicyclic) bond motifs is 5. The summed E-state index contributed by atoms with van der Waals surface area (Å²) in [4.78, 5) is 28.7. The predicted molar refractivity (Wildman–Crippen MR) is 150 cm³/mol. The van der Waals surface area contributed by atoms with Gasteiger partial charge in [-0.3, -0.25) is 9.59 Å². The third-order valence-corrected chi connectivity index (χ3v) is 8.02. The van der Waals surface area contributed by atoms with E-state index >= 15 is 0 Å². The van der Waals surface area contributed by atoms with E-state index in [4.69, 9.17) is 25.8 Å². The molecule has 8 heteroatoms. The lowest BCUT2D eigenvalue weighted by Crippen LogP contribution is -2.42. The van der Waals surface area contributed by atoms with E-state index in [9.17, 15) is 9.59 Å². The number of hydrogen-bond donors (Lipinski definition) is 1. The number of nitrogens with zero attached hydrogens (tertiary/aromatic N) is 1. The standard InChI is InChI=1S/C32H25ClN2O5/c33-23-5-3-4-20(14-23)12-13-34-30(36)22-10-8-21(9-11-22)17-35-26-7-2-1-6-24(26)32(31(35)37)18-38-27-16-29-28(15-25(27)32)39-19-40-29/h1-11,14-16H,12-13,17-19H2,(H,34,36). The van der Waals surface area contributed by atoms with Crippen LogP contribution in [-0.2, 0) is 23.2 Å². The Kier molecular flexibility index (Phi) is 5.90. The van der Waals surface area contributed by atoms with Crippen molar-refractivity contribution in [3.05, 3.63) is 118 Å². The van der Waals surface area contributed by atoms with Gasteiger partial charge in [0.2, 0.25) is 12.7 Å². The molecule has 0 saturated carbocycles. The maximum absolute atomic E-state index is 14.2. The molecule has 7 rings (SSSR count). The van der Waals surface area contributed by atoms with Gasteiger partial charge in [0, 0.05) is 34.4 Å². The quantitative estimate of drug-likeness (QED) is 0.353. The smallest absolute Gasteiger partial charge is 0.251 e. The molecule has 4 aromatic carbocycles. The monoisotopic (exact) mass is 552 g/mol. The van der Waals surface area contributed by atoms with Gasteiger partial charge in [-0.2, -0.15) is 0 Å². The van der Waals surface area contributed by atoms with Crippen molar-refractivity contribution < 1.29 is 23.8 Å². The molecule has 200 valence electrons. The molecular weight excluding hydrogens is 528 g/mol. The summed E-state index contributed by atoms with van der Waals surface area (Å²) in [6.07, 6.45) is 0.692. The van der Waals surface area contributed by atoms with Gasteiger partial charge in [-0.1, -0.05) is 54.1 Å². The molecule has 0 radical (unpaired) electrons. The normalized spacial score (nSPS) is 18.0. The third kappa shape index (κ3) is 3.97. The lowest BCUT2D eigenvalue weighted by atomic mass is 9.77. The Bertz CT molecular complexity index is 1650. The second-order valence-corrected chi connectivity index (χ2v) is 10.6. The highest BCUT2D eigenvalue weighted by Gasteiger charge is 2.57. The van der Waals surface area contributed by atoms with E-state index in [1.54, 1.807) is 17.0 Å². The summed E-state index contributed by atoms with van der Waals surface area (Å²) < 4.78 is 17.2. The van der Waals surface area contributed by atoms with E-state index in [1.807, 2.05) is 72.8 Å². The SMILES string of the molecule is O=C(NCCc1cccc(Cl)c1)c1ccc(CN2C(=O)C3(COc4cc5c(cc43)OCO5)c3ccccc32)cc1. The van der Waals surface area contributed by atoms with Crippen molar-refractivity contribution in [3.63, 3.8) is 0 Å². The van der Waals surface area contributed by atoms with Crippen LogP contribution >= 0.6 is 11.6 Å². The van der Waals surface area contributed by atoms with E-state index < -0.39 is 5.41 Å². The van der Waals surface area contributed by atoms with Crippen LogP contribution in [0.3, 0.4) is 0 Å². The Balaban J connectivity index is 1.09. The maximum atomic E-state index is 14.2. The molecular formula is C32H25ClN2O5. The molecule has 3 aliphatic rings. The van der Waals surface area contributed by atoms with Crippen molar-refractivity contribution in [3.8, 4) is 17.2 Å². The summed E-state index contributed by atoms with van der Waals surface area (Å²) in [5.41, 5.74) is 4.15. The van der Waals surface area contributed by atoms with Crippen LogP contribution in [0.4, 0.5) is 5.69 Å². The molecule has 3 heterocycles. The Hall–Kier alpha value is -4.49. The number of carbonyl (C=O) groups excluding carboxylic acids is 2. The molecule has 40 heavy (non-hydrogen) atoms. The van der Waals surface area contributed by atoms with Crippen LogP contribution in [-0.4, -0.2) is 31.8 Å². The van der Waals surface area contributed by atoms with Crippen LogP contribution < -0.4 is 24.4 Å². The molecule has 1 atom stereocenters. The molecule has 1 spiro atoms. The maximum Gasteiger partial charge on any atom is 0.251 e. The average molecular weight is 553 g/mol. The highest BCUT2D eigenvalue weighted by molar-refractivity contribution is 6.30. The predicted octanol–water partition coefficient (Wildman–Crippen LogP) is 5.27. The topological polar surface area (TPSA) is 77.1 Å². The van der Waals surface area contributed by atoms with Crippen LogP contribution in [0.25, 0.3) is 0 Å². The largest absolute Gasteiger partial charge is 0.491 e. The Labute approximate surface area is 236 Å². The van der Waals surface area contributed by atoms with Crippen molar-refractivity contribution in [2.45, 2.75) is 18.4 Å². The molecule has 2 amide bonds. The Morgan fingerprint density at radius 1 is 0.850 bits per heavy atom. The van der Waals surface area contributed by atoms with Gasteiger partial charge < -0.3 is 24.4 Å². The first kappa shape index (κ1) is 24.5. The summed E-state index contributed by atoms with van der Waals surface area (Å²) in [6.45, 7) is 1.24. The average Bonchev–Trinajstić information content (AvgIpc) is 3.65. The number of benzene rings is 4. The molecule has 0 fully saturated rings. The summed E-state index contributed by atoms with van der Waals surface area (Å²) in [6, 6.07) is 26.5. The summed E-state index contributed by atoms with van der Waals surface area (Å²) in [5, 5.41) is 3.64. The first-order valence-corrected chi connectivity index (χ1v) is 13.5. The van der Waals surface area contributed by atoms with Crippen LogP contribution in [0, 0.1) is 0 Å². The molecule has 0 bridgehead atoms. The minimum absolute atomic E-state index is 0.0471. The minimum atomic E-state index is -0.949. The van der Waals surface area contributed by atoms with E-state index in [-0.39, 0.29) is 25.2 Å². The van der Waals surface area contributed by atoms with Gasteiger partial charge in [0.15, 0.2) is 11.5 Å². The van der Waals surface area contributed by atoms with E-state index in [0.717, 1.165) is 27.9 Å². The molecule has 4 aromatic rings. The zero-order valence-electron chi connectivity index (χ0n) is 21.5. The lowest BCUT2D eigenvalue weighted by molar-refractivity contribution is -0.122. The van der Waals surface area contributed by atoms with Gasteiger partial charge in [-0.05, 0) is 59.5 Å². The summed E-state index contributed by atoms with van der Waals surface area (Å²) in [7, 11) is 0. The number of amides is 2. The van der Waals surface area contributed by atoms with Crippen molar-refractivity contribution >= 4 is 29.1 Å². The number of carbonyl (C=O) groups is 2. The summed E-state index contributed by atoms with van der Waals surface area (Å²) in [5.74, 6) is 1.69. The number of hydrogen-bond acceptors (Lipinski definition) is 5. The number of anilines is 1. The fourth-order valence-electron chi connectivity index (χ4n) is 5.78. The number of ether oxygens (including phenoxy) is 3. The lowest BCUT2D eigenvalue weighted by Gasteiger charge is -2.23. The summed E-state index contributed by atoms with van der Waals surface area (Å²) >= 11 is 6.04. The molecule has 1 N–H and O–H groups in total. The highest BCUT2D eigenvalue weighted by Crippen LogP contribution is 2.55. The fourth-order valence-corrected chi connectivity index (χ4v) is 5.99. The van der Waals surface area contributed by atoms with E-state index in [0.29, 0.717) is 47.3 Å². The van der Waals surface area contributed by atoms with E-state index in [1.165, 1.54) is 0 Å². The van der Waals surface area contributed by atoms with Gasteiger partial charge in [0.05, 0.1) is 6.54 Å². The Morgan fingerprint density at radius 3 is 2.48 bits per heavy atom. The molecule has 7 nitrogen and oxygen atoms in total. The van der Waals surface area contributed by atoms with Gasteiger partial charge in [0.1, 0.15) is 17.8 Å². The first-order valence-electron chi connectivity index (χ1n) is 13.1. The van der Waals surface area contributed by atoms with Gasteiger partial charge in [0.25, 0.3) is 5.91 Å². The molecule has 3 aliphatic heterocycles. The van der Waals surface area contributed by atoms with Crippen LogP contribution in [0.5, 0.6) is 17.2 Å². The van der Waals surface area contributed by atoms with Crippen molar-refractivity contribution in [2.75, 3.05) is 24.8 Å².